The molecule has 1 aromatic heterocycles. The molecule has 5 nitrogen and oxygen atoms in total. The summed E-state index contributed by atoms with van der Waals surface area (Å²) in [5.41, 5.74) is 1.69. The topological polar surface area (TPSA) is 79.4 Å². The van der Waals surface area contributed by atoms with Crippen LogP contribution in [0.1, 0.15) is 52.4 Å². The van der Waals surface area contributed by atoms with Crippen molar-refractivity contribution in [1.82, 2.24) is 4.98 Å². The van der Waals surface area contributed by atoms with E-state index >= 15 is 0 Å². The van der Waals surface area contributed by atoms with Crippen LogP contribution in [0.25, 0.3) is 0 Å². The number of aromatic carboxylic acids is 1. The Balaban J connectivity index is 3.21. The summed E-state index contributed by atoms with van der Waals surface area (Å²) in [5.74, 6) is -1.55. The Morgan fingerprint density at radius 3 is 2.41 bits per heavy atom. The van der Waals surface area contributed by atoms with E-state index in [-0.39, 0.29) is 18.0 Å². The zero-order valence-electron chi connectivity index (χ0n) is 10.3. The number of ether oxygens (including phenoxy) is 1. The lowest BCUT2D eigenvalue weighted by Crippen LogP contribution is -2.07. The van der Waals surface area contributed by atoms with Gasteiger partial charge in [0.15, 0.2) is 0 Å². The zero-order chi connectivity index (χ0) is 13.0. The molecule has 0 aliphatic heterocycles. The molecule has 0 bridgehead atoms. The number of carbonyl (C=O) groups is 2. The summed E-state index contributed by atoms with van der Waals surface area (Å²) in [4.78, 5) is 25.3. The largest absolute Gasteiger partial charge is 0.477 e. The second kappa shape index (κ2) is 5.52. The van der Waals surface area contributed by atoms with Crippen LogP contribution < -0.4 is 0 Å². The molecular weight excluding hydrogens is 222 g/mol. The van der Waals surface area contributed by atoms with Gasteiger partial charge in [0.1, 0.15) is 11.4 Å². The average Bonchev–Trinajstić information content (AvgIpc) is 2.58. The van der Waals surface area contributed by atoms with Crippen LogP contribution in [0.4, 0.5) is 0 Å². The van der Waals surface area contributed by atoms with Crippen molar-refractivity contribution < 1.29 is 19.4 Å². The van der Waals surface area contributed by atoms with E-state index in [1.165, 1.54) is 0 Å². The van der Waals surface area contributed by atoms with Crippen LogP contribution in [0.15, 0.2) is 0 Å². The highest BCUT2D eigenvalue weighted by Gasteiger charge is 2.22. The van der Waals surface area contributed by atoms with Crippen LogP contribution in [0.3, 0.4) is 0 Å². The number of rotatable bonds is 5. The van der Waals surface area contributed by atoms with E-state index < -0.39 is 11.9 Å². The summed E-state index contributed by atoms with van der Waals surface area (Å²) in [6, 6.07) is 0. The standard InChI is InChI=1S/C12H17NO4/c1-4-6-8-7(3)9(12(16)17-5-2)13-10(8)11(14)15/h13H,4-6H2,1-3H3,(H,14,15). The van der Waals surface area contributed by atoms with Crippen LogP contribution in [0.5, 0.6) is 0 Å². The molecule has 0 aliphatic carbocycles. The van der Waals surface area contributed by atoms with Crippen molar-refractivity contribution in [3.05, 3.63) is 22.5 Å². The van der Waals surface area contributed by atoms with E-state index in [0.29, 0.717) is 17.5 Å². The van der Waals surface area contributed by atoms with Crippen LogP contribution in [0.2, 0.25) is 0 Å². The van der Waals surface area contributed by atoms with Crippen molar-refractivity contribution in [2.45, 2.75) is 33.6 Å². The third-order valence-electron chi connectivity index (χ3n) is 2.57. The van der Waals surface area contributed by atoms with Gasteiger partial charge in [-0.05, 0) is 31.4 Å². The molecule has 0 atom stereocenters. The predicted molar refractivity (Wildman–Crippen MR) is 62.4 cm³/mol. The van der Waals surface area contributed by atoms with E-state index in [4.69, 9.17) is 9.84 Å². The Morgan fingerprint density at radius 2 is 1.94 bits per heavy atom. The number of esters is 1. The second-order valence-electron chi connectivity index (χ2n) is 3.75. The van der Waals surface area contributed by atoms with E-state index in [1.54, 1.807) is 13.8 Å². The Labute approximate surface area is 99.8 Å². The summed E-state index contributed by atoms with van der Waals surface area (Å²) in [6.07, 6.45) is 1.45. The fraction of sp³-hybridized carbons (Fsp3) is 0.500. The summed E-state index contributed by atoms with van der Waals surface area (Å²) >= 11 is 0. The van der Waals surface area contributed by atoms with Gasteiger partial charge in [-0.15, -0.1) is 0 Å². The minimum Gasteiger partial charge on any atom is -0.477 e. The molecule has 0 spiro atoms. The van der Waals surface area contributed by atoms with Gasteiger partial charge in [-0.1, -0.05) is 13.3 Å². The summed E-state index contributed by atoms with van der Waals surface area (Å²) in [5, 5.41) is 9.06. The number of carboxylic acid groups (broad SMARTS) is 1. The molecule has 17 heavy (non-hydrogen) atoms. The third kappa shape index (κ3) is 2.67. The van der Waals surface area contributed by atoms with Crippen molar-refractivity contribution in [2.24, 2.45) is 0 Å². The molecule has 2 N–H and O–H groups in total. The number of aromatic nitrogens is 1. The normalized spacial score (nSPS) is 10.3. The van der Waals surface area contributed by atoms with E-state index in [0.717, 1.165) is 6.42 Å². The van der Waals surface area contributed by atoms with Gasteiger partial charge in [0.05, 0.1) is 6.61 Å². The van der Waals surface area contributed by atoms with Crippen LogP contribution in [0, 0.1) is 6.92 Å². The maximum atomic E-state index is 11.6. The number of carboxylic acids is 1. The van der Waals surface area contributed by atoms with Crippen LogP contribution >= 0.6 is 0 Å². The first-order valence-corrected chi connectivity index (χ1v) is 5.64. The number of nitrogens with one attached hydrogen (secondary N) is 1. The monoisotopic (exact) mass is 239 g/mol. The summed E-state index contributed by atoms with van der Waals surface area (Å²) in [6.45, 7) is 5.67. The molecular formula is C12H17NO4. The molecule has 1 heterocycles. The van der Waals surface area contributed by atoms with Crippen molar-refractivity contribution in [3.8, 4) is 0 Å². The van der Waals surface area contributed by atoms with Crippen LogP contribution in [-0.4, -0.2) is 28.6 Å². The van der Waals surface area contributed by atoms with Crippen LogP contribution in [-0.2, 0) is 11.2 Å². The van der Waals surface area contributed by atoms with Crippen molar-refractivity contribution >= 4 is 11.9 Å². The van der Waals surface area contributed by atoms with E-state index in [9.17, 15) is 9.59 Å². The Hall–Kier alpha value is -1.78. The maximum Gasteiger partial charge on any atom is 0.355 e. The highest BCUT2D eigenvalue weighted by Crippen LogP contribution is 2.21. The van der Waals surface area contributed by atoms with E-state index in [1.807, 2.05) is 6.92 Å². The number of hydrogen-bond donors (Lipinski definition) is 2. The first-order valence-electron chi connectivity index (χ1n) is 5.64. The molecule has 0 aromatic carbocycles. The second-order valence-corrected chi connectivity index (χ2v) is 3.75. The Morgan fingerprint density at radius 1 is 1.29 bits per heavy atom. The number of carbonyl (C=O) groups excluding carboxylic acids is 1. The van der Waals surface area contributed by atoms with Gasteiger partial charge < -0.3 is 14.8 Å². The van der Waals surface area contributed by atoms with Gasteiger partial charge in [-0.25, -0.2) is 9.59 Å². The first kappa shape index (κ1) is 13.3. The molecule has 0 saturated heterocycles. The average molecular weight is 239 g/mol. The lowest BCUT2D eigenvalue weighted by atomic mass is 10.1. The molecule has 0 amide bonds. The number of hydrogen-bond acceptors (Lipinski definition) is 3. The lowest BCUT2D eigenvalue weighted by Gasteiger charge is -2.01. The van der Waals surface area contributed by atoms with Gasteiger partial charge in [0, 0.05) is 0 Å². The SMILES string of the molecule is CCCc1c(C(=O)O)[nH]c(C(=O)OCC)c1C. The molecule has 0 saturated carbocycles. The van der Waals surface area contributed by atoms with Gasteiger partial charge in [-0.2, -0.15) is 0 Å². The summed E-state index contributed by atoms with van der Waals surface area (Å²) < 4.78 is 4.87. The molecule has 0 radical (unpaired) electrons. The minimum atomic E-state index is -1.05. The number of aromatic amines is 1. The molecule has 1 rings (SSSR count). The molecule has 0 unspecified atom stereocenters. The highest BCUT2D eigenvalue weighted by molar-refractivity contribution is 5.95. The molecule has 94 valence electrons. The van der Waals surface area contributed by atoms with Crippen molar-refractivity contribution in [3.63, 3.8) is 0 Å². The zero-order valence-corrected chi connectivity index (χ0v) is 10.3. The lowest BCUT2D eigenvalue weighted by molar-refractivity contribution is 0.0519. The smallest absolute Gasteiger partial charge is 0.355 e. The fourth-order valence-electron chi connectivity index (χ4n) is 1.79. The molecule has 0 fully saturated rings. The van der Waals surface area contributed by atoms with Gasteiger partial charge in [-0.3, -0.25) is 0 Å². The van der Waals surface area contributed by atoms with Gasteiger partial charge >= 0.3 is 11.9 Å². The first-order chi connectivity index (χ1) is 8.02. The Bertz CT molecular complexity index is 434. The van der Waals surface area contributed by atoms with E-state index in [2.05, 4.69) is 4.98 Å². The number of H-pyrrole nitrogens is 1. The molecule has 1 aromatic rings. The maximum absolute atomic E-state index is 11.6. The highest BCUT2D eigenvalue weighted by atomic mass is 16.5. The molecule has 5 heteroatoms. The summed E-state index contributed by atoms with van der Waals surface area (Å²) in [7, 11) is 0. The minimum absolute atomic E-state index is 0.0902. The van der Waals surface area contributed by atoms with Crippen molar-refractivity contribution in [1.29, 1.82) is 0 Å². The predicted octanol–water partition coefficient (Wildman–Crippen LogP) is 2.15. The van der Waals surface area contributed by atoms with Gasteiger partial charge in [0.25, 0.3) is 0 Å². The third-order valence-corrected chi connectivity index (χ3v) is 2.57. The van der Waals surface area contributed by atoms with Crippen molar-refractivity contribution in [2.75, 3.05) is 6.61 Å². The van der Waals surface area contributed by atoms with Gasteiger partial charge in [0.2, 0.25) is 0 Å². The fourth-order valence-corrected chi connectivity index (χ4v) is 1.79. The molecule has 0 aliphatic rings. The Kier molecular flexibility index (Phi) is 4.31. The quantitative estimate of drug-likeness (QED) is 0.771.